The van der Waals surface area contributed by atoms with E-state index in [2.05, 4.69) is 5.32 Å². The lowest BCUT2D eigenvalue weighted by Gasteiger charge is -2.19. The first kappa shape index (κ1) is 11.2. The van der Waals surface area contributed by atoms with Gasteiger partial charge in [-0.25, -0.2) is 4.79 Å². The summed E-state index contributed by atoms with van der Waals surface area (Å²) in [6, 6.07) is 7.04. The van der Waals surface area contributed by atoms with Gasteiger partial charge in [0, 0.05) is 31.5 Å². The number of rotatable bonds is 4. The van der Waals surface area contributed by atoms with Crippen molar-refractivity contribution in [3.8, 4) is 0 Å². The van der Waals surface area contributed by atoms with Gasteiger partial charge in [0.25, 0.3) is 0 Å². The van der Waals surface area contributed by atoms with Gasteiger partial charge in [-0.05, 0) is 24.3 Å². The standard InChI is InChI=1S/C10H16N4O/c1-14(7-6-13-10(12)15)9-4-2-8(11)3-5-9/h2-5H,6-7,11H2,1H3,(H3,12,13,15). The predicted molar refractivity (Wildman–Crippen MR) is 61.7 cm³/mol. The highest BCUT2D eigenvalue weighted by molar-refractivity contribution is 5.71. The van der Waals surface area contributed by atoms with Crippen molar-refractivity contribution in [2.75, 3.05) is 30.8 Å². The normalized spacial score (nSPS) is 9.67. The Morgan fingerprint density at radius 1 is 1.40 bits per heavy atom. The molecule has 0 aliphatic carbocycles. The van der Waals surface area contributed by atoms with Crippen LogP contribution in [0, 0.1) is 0 Å². The smallest absolute Gasteiger partial charge is 0.312 e. The van der Waals surface area contributed by atoms with Crippen molar-refractivity contribution in [2.24, 2.45) is 5.73 Å². The summed E-state index contributed by atoms with van der Waals surface area (Å²) in [4.78, 5) is 12.4. The molecule has 0 saturated carbocycles. The lowest BCUT2D eigenvalue weighted by molar-refractivity contribution is 0.249. The van der Waals surface area contributed by atoms with E-state index in [9.17, 15) is 4.79 Å². The number of nitrogens with one attached hydrogen (secondary N) is 1. The second-order valence-electron chi connectivity index (χ2n) is 3.30. The molecule has 0 heterocycles. The monoisotopic (exact) mass is 208 g/mol. The summed E-state index contributed by atoms with van der Waals surface area (Å²) in [6.45, 7) is 1.23. The fourth-order valence-corrected chi connectivity index (χ4v) is 1.20. The van der Waals surface area contributed by atoms with Crippen LogP contribution in [0.1, 0.15) is 0 Å². The fourth-order valence-electron chi connectivity index (χ4n) is 1.20. The molecule has 1 aromatic carbocycles. The number of hydrogen-bond donors (Lipinski definition) is 3. The maximum atomic E-state index is 10.4. The lowest BCUT2D eigenvalue weighted by atomic mass is 10.2. The van der Waals surface area contributed by atoms with Crippen molar-refractivity contribution in [2.45, 2.75) is 0 Å². The number of nitrogen functional groups attached to an aromatic ring is 1. The van der Waals surface area contributed by atoms with Crippen LogP contribution in [0.5, 0.6) is 0 Å². The summed E-state index contributed by atoms with van der Waals surface area (Å²) in [5.74, 6) is 0. The molecule has 15 heavy (non-hydrogen) atoms. The van der Waals surface area contributed by atoms with Crippen molar-refractivity contribution >= 4 is 17.4 Å². The van der Waals surface area contributed by atoms with Crippen molar-refractivity contribution in [1.82, 2.24) is 5.32 Å². The summed E-state index contributed by atoms with van der Waals surface area (Å²) >= 11 is 0. The van der Waals surface area contributed by atoms with Crippen molar-refractivity contribution in [1.29, 1.82) is 0 Å². The summed E-state index contributed by atoms with van der Waals surface area (Å²) in [7, 11) is 1.94. The summed E-state index contributed by atoms with van der Waals surface area (Å²) in [6.07, 6.45) is 0. The highest BCUT2D eigenvalue weighted by Crippen LogP contribution is 2.13. The summed E-state index contributed by atoms with van der Waals surface area (Å²) in [5.41, 5.74) is 12.3. The first-order valence-electron chi connectivity index (χ1n) is 4.69. The van der Waals surface area contributed by atoms with E-state index in [0.29, 0.717) is 13.1 Å². The van der Waals surface area contributed by atoms with E-state index < -0.39 is 6.03 Å². The third kappa shape index (κ3) is 3.76. The topological polar surface area (TPSA) is 84.4 Å². The number of nitrogens with zero attached hydrogens (tertiary/aromatic N) is 1. The van der Waals surface area contributed by atoms with Gasteiger partial charge >= 0.3 is 6.03 Å². The number of likely N-dealkylation sites (N-methyl/N-ethyl adjacent to an activating group) is 1. The number of hydrogen-bond acceptors (Lipinski definition) is 3. The molecule has 0 spiro atoms. The van der Waals surface area contributed by atoms with Crippen molar-refractivity contribution < 1.29 is 4.79 Å². The van der Waals surface area contributed by atoms with E-state index in [-0.39, 0.29) is 0 Å². The Bertz CT molecular complexity index is 323. The molecular formula is C10H16N4O. The van der Waals surface area contributed by atoms with E-state index in [1.165, 1.54) is 0 Å². The molecule has 5 nitrogen and oxygen atoms in total. The quantitative estimate of drug-likeness (QED) is 0.625. The van der Waals surface area contributed by atoms with Gasteiger partial charge in [0.1, 0.15) is 0 Å². The number of urea groups is 1. The Morgan fingerprint density at radius 2 is 2.00 bits per heavy atom. The molecular weight excluding hydrogens is 192 g/mol. The molecule has 0 atom stereocenters. The van der Waals surface area contributed by atoms with Gasteiger partial charge in [0.15, 0.2) is 0 Å². The van der Waals surface area contributed by atoms with Gasteiger partial charge in [-0.3, -0.25) is 0 Å². The minimum atomic E-state index is -0.499. The maximum absolute atomic E-state index is 10.4. The zero-order chi connectivity index (χ0) is 11.3. The summed E-state index contributed by atoms with van der Waals surface area (Å²) < 4.78 is 0. The first-order chi connectivity index (χ1) is 7.09. The first-order valence-corrected chi connectivity index (χ1v) is 4.69. The van der Waals surface area contributed by atoms with Crippen LogP contribution in [-0.4, -0.2) is 26.2 Å². The molecule has 0 radical (unpaired) electrons. The molecule has 0 unspecified atom stereocenters. The predicted octanol–water partition coefficient (Wildman–Crippen LogP) is 0.373. The molecule has 82 valence electrons. The molecule has 1 aromatic rings. The Kier molecular flexibility index (Phi) is 3.79. The third-order valence-electron chi connectivity index (χ3n) is 2.08. The number of primary amides is 1. The molecule has 5 N–H and O–H groups in total. The highest BCUT2D eigenvalue weighted by Gasteiger charge is 2.00. The number of anilines is 2. The average Bonchev–Trinajstić information content (AvgIpc) is 2.18. The Labute approximate surface area is 89.0 Å². The molecule has 2 amide bonds. The second-order valence-corrected chi connectivity index (χ2v) is 3.30. The molecule has 5 heteroatoms. The van der Waals surface area contributed by atoms with Crippen LogP contribution < -0.4 is 21.7 Å². The number of benzene rings is 1. The van der Waals surface area contributed by atoms with Gasteiger partial charge in [0.05, 0.1) is 0 Å². The lowest BCUT2D eigenvalue weighted by Crippen LogP contribution is -2.36. The SMILES string of the molecule is CN(CCNC(N)=O)c1ccc(N)cc1. The van der Waals surface area contributed by atoms with E-state index >= 15 is 0 Å². The van der Waals surface area contributed by atoms with Gasteiger partial charge in [0.2, 0.25) is 0 Å². The fraction of sp³-hybridized carbons (Fsp3) is 0.300. The third-order valence-corrected chi connectivity index (χ3v) is 2.08. The van der Waals surface area contributed by atoms with Crippen LogP contribution >= 0.6 is 0 Å². The minimum Gasteiger partial charge on any atom is -0.399 e. The zero-order valence-electron chi connectivity index (χ0n) is 8.73. The molecule has 0 aliphatic heterocycles. The summed E-state index contributed by atoms with van der Waals surface area (Å²) in [5, 5.41) is 2.53. The molecule has 0 aromatic heterocycles. The number of nitrogens with two attached hydrogens (primary N) is 2. The van der Waals surface area contributed by atoms with Crippen LogP contribution in [0.2, 0.25) is 0 Å². The largest absolute Gasteiger partial charge is 0.399 e. The zero-order valence-corrected chi connectivity index (χ0v) is 8.73. The van der Waals surface area contributed by atoms with Gasteiger partial charge < -0.3 is 21.7 Å². The molecule has 0 fully saturated rings. The van der Waals surface area contributed by atoms with Crippen LogP contribution in [0.3, 0.4) is 0 Å². The number of carbonyl (C=O) groups excluding carboxylic acids is 1. The molecule has 0 aliphatic rings. The van der Waals surface area contributed by atoms with Gasteiger partial charge in [-0.15, -0.1) is 0 Å². The van der Waals surface area contributed by atoms with Crippen molar-refractivity contribution in [3.63, 3.8) is 0 Å². The van der Waals surface area contributed by atoms with Gasteiger partial charge in [-0.2, -0.15) is 0 Å². The Hall–Kier alpha value is -1.91. The Morgan fingerprint density at radius 3 is 2.53 bits per heavy atom. The maximum Gasteiger partial charge on any atom is 0.312 e. The molecule has 1 rings (SSSR count). The number of amides is 2. The van der Waals surface area contributed by atoms with Crippen LogP contribution in [0.25, 0.3) is 0 Å². The van der Waals surface area contributed by atoms with Crippen molar-refractivity contribution in [3.05, 3.63) is 24.3 Å². The van der Waals surface area contributed by atoms with E-state index in [1.54, 1.807) is 0 Å². The van der Waals surface area contributed by atoms with E-state index in [0.717, 1.165) is 11.4 Å². The van der Waals surface area contributed by atoms with Crippen LogP contribution in [-0.2, 0) is 0 Å². The van der Waals surface area contributed by atoms with E-state index in [1.807, 2.05) is 36.2 Å². The van der Waals surface area contributed by atoms with Crippen LogP contribution in [0.15, 0.2) is 24.3 Å². The Balaban J connectivity index is 2.43. The second kappa shape index (κ2) is 5.09. The van der Waals surface area contributed by atoms with Crippen LogP contribution in [0.4, 0.5) is 16.2 Å². The average molecular weight is 208 g/mol. The van der Waals surface area contributed by atoms with Gasteiger partial charge in [-0.1, -0.05) is 0 Å². The number of carbonyl (C=O) groups is 1. The molecule has 0 saturated heterocycles. The highest BCUT2D eigenvalue weighted by atomic mass is 16.2. The minimum absolute atomic E-state index is 0.499. The van der Waals surface area contributed by atoms with E-state index in [4.69, 9.17) is 11.5 Å². The molecule has 0 bridgehead atoms.